The van der Waals surface area contributed by atoms with Gasteiger partial charge in [-0.1, -0.05) is 18.2 Å². The monoisotopic (exact) mass is 264 g/mol. The number of ether oxygens (including phenoxy) is 1. The van der Waals surface area contributed by atoms with Crippen molar-refractivity contribution in [3.8, 4) is 16.9 Å². The number of hydrogen-bond donors (Lipinski definition) is 1. The van der Waals surface area contributed by atoms with Crippen molar-refractivity contribution < 1.29 is 4.74 Å². The predicted molar refractivity (Wildman–Crippen MR) is 76.1 cm³/mol. The predicted octanol–water partition coefficient (Wildman–Crippen LogP) is 3.20. The molecule has 2 aromatic rings. The van der Waals surface area contributed by atoms with Crippen LogP contribution in [0.4, 0.5) is 0 Å². The first kappa shape index (κ1) is 14.5. The van der Waals surface area contributed by atoms with E-state index in [1.165, 1.54) is 0 Å². The Balaban J connectivity index is 0.00000162. The molecule has 0 bridgehead atoms. The Labute approximate surface area is 113 Å². The van der Waals surface area contributed by atoms with Crippen LogP contribution in [0, 0.1) is 0 Å². The molecule has 2 N–H and O–H groups in total. The fourth-order valence-electron chi connectivity index (χ4n) is 1.77. The summed E-state index contributed by atoms with van der Waals surface area (Å²) in [5.41, 5.74) is 9.13. The van der Waals surface area contributed by atoms with E-state index in [9.17, 15) is 0 Å². The lowest BCUT2D eigenvalue weighted by Crippen LogP contribution is -2.04. The normalized spacial score (nSPS) is 11.5. The first-order valence-electron chi connectivity index (χ1n) is 5.56. The standard InChI is InChI=1S/C14H16N2O.ClH/c1-10(15)11-4-3-5-12(8-11)13-6-7-16-9-14(13)17-2;/h3-10H,15H2,1-2H3;1H/t10-;/m0./s1. The maximum atomic E-state index is 5.89. The molecule has 1 aromatic heterocycles. The largest absolute Gasteiger partial charge is 0.494 e. The summed E-state index contributed by atoms with van der Waals surface area (Å²) in [6, 6.07) is 10.1. The van der Waals surface area contributed by atoms with E-state index in [2.05, 4.69) is 11.1 Å². The van der Waals surface area contributed by atoms with Gasteiger partial charge in [0.2, 0.25) is 0 Å². The fraction of sp³-hybridized carbons (Fsp3) is 0.214. The van der Waals surface area contributed by atoms with Crippen LogP contribution >= 0.6 is 12.4 Å². The van der Waals surface area contributed by atoms with Crippen LogP contribution in [0.15, 0.2) is 42.7 Å². The highest BCUT2D eigenvalue weighted by Gasteiger charge is 2.07. The topological polar surface area (TPSA) is 48.1 Å². The Hall–Kier alpha value is -1.58. The summed E-state index contributed by atoms with van der Waals surface area (Å²) < 4.78 is 5.31. The van der Waals surface area contributed by atoms with E-state index in [1.807, 2.05) is 31.2 Å². The van der Waals surface area contributed by atoms with E-state index in [0.717, 1.165) is 22.4 Å². The second kappa shape index (κ2) is 6.38. The molecule has 0 aliphatic rings. The average molecular weight is 265 g/mol. The number of methoxy groups -OCH3 is 1. The van der Waals surface area contributed by atoms with E-state index in [0.29, 0.717) is 0 Å². The second-order valence-corrected chi connectivity index (χ2v) is 3.99. The fourth-order valence-corrected chi connectivity index (χ4v) is 1.77. The minimum absolute atomic E-state index is 0. The number of rotatable bonds is 3. The maximum absolute atomic E-state index is 5.89. The van der Waals surface area contributed by atoms with Crippen molar-refractivity contribution in [3.63, 3.8) is 0 Å². The SMILES string of the molecule is COc1cnccc1-c1cccc([C@H](C)N)c1.Cl. The van der Waals surface area contributed by atoms with Gasteiger partial charge in [-0.05, 0) is 30.2 Å². The van der Waals surface area contributed by atoms with E-state index in [-0.39, 0.29) is 18.4 Å². The zero-order chi connectivity index (χ0) is 12.3. The summed E-state index contributed by atoms with van der Waals surface area (Å²) in [5, 5.41) is 0. The zero-order valence-corrected chi connectivity index (χ0v) is 11.3. The van der Waals surface area contributed by atoms with Crippen molar-refractivity contribution in [1.29, 1.82) is 0 Å². The number of pyridine rings is 1. The van der Waals surface area contributed by atoms with E-state index < -0.39 is 0 Å². The van der Waals surface area contributed by atoms with E-state index in [1.54, 1.807) is 19.5 Å². The Bertz CT molecular complexity index is 515. The lowest BCUT2D eigenvalue weighted by atomic mass is 10.0. The molecule has 2 rings (SSSR count). The molecule has 0 aliphatic heterocycles. The lowest BCUT2D eigenvalue weighted by molar-refractivity contribution is 0.414. The summed E-state index contributed by atoms with van der Waals surface area (Å²) in [4.78, 5) is 4.05. The van der Waals surface area contributed by atoms with Gasteiger partial charge in [0, 0.05) is 17.8 Å². The smallest absolute Gasteiger partial charge is 0.144 e. The van der Waals surface area contributed by atoms with Crippen LogP contribution in [-0.4, -0.2) is 12.1 Å². The van der Waals surface area contributed by atoms with Crippen molar-refractivity contribution >= 4 is 12.4 Å². The summed E-state index contributed by atoms with van der Waals surface area (Å²) in [5.74, 6) is 0.773. The van der Waals surface area contributed by atoms with E-state index >= 15 is 0 Å². The lowest BCUT2D eigenvalue weighted by Gasteiger charge is -2.10. The molecule has 0 fully saturated rings. The highest BCUT2D eigenvalue weighted by Crippen LogP contribution is 2.29. The summed E-state index contributed by atoms with van der Waals surface area (Å²) in [6.45, 7) is 1.98. The molecule has 3 nitrogen and oxygen atoms in total. The quantitative estimate of drug-likeness (QED) is 0.926. The third kappa shape index (κ3) is 3.00. The molecule has 0 aliphatic carbocycles. The van der Waals surface area contributed by atoms with Gasteiger partial charge >= 0.3 is 0 Å². The van der Waals surface area contributed by atoms with Crippen LogP contribution < -0.4 is 10.5 Å². The van der Waals surface area contributed by atoms with Crippen LogP contribution in [0.25, 0.3) is 11.1 Å². The molecule has 96 valence electrons. The van der Waals surface area contributed by atoms with Gasteiger partial charge in [-0.3, -0.25) is 4.98 Å². The van der Waals surface area contributed by atoms with Gasteiger partial charge in [-0.15, -0.1) is 12.4 Å². The van der Waals surface area contributed by atoms with Crippen LogP contribution in [0.2, 0.25) is 0 Å². The van der Waals surface area contributed by atoms with E-state index in [4.69, 9.17) is 10.5 Å². The molecule has 0 spiro atoms. The Kier molecular flexibility index (Phi) is 5.13. The van der Waals surface area contributed by atoms with Crippen LogP contribution in [0.5, 0.6) is 5.75 Å². The number of nitrogens with zero attached hydrogens (tertiary/aromatic N) is 1. The average Bonchev–Trinajstić information content (AvgIpc) is 2.39. The first-order chi connectivity index (χ1) is 8.22. The Morgan fingerprint density at radius 2 is 2.06 bits per heavy atom. The van der Waals surface area contributed by atoms with Gasteiger partial charge in [0.1, 0.15) is 5.75 Å². The second-order valence-electron chi connectivity index (χ2n) is 3.99. The molecular formula is C14H17ClN2O. The van der Waals surface area contributed by atoms with Crippen LogP contribution in [0.1, 0.15) is 18.5 Å². The van der Waals surface area contributed by atoms with Crippen molar-refractivity contribution in [2.24, 2.45) is 5.73 Å². The molecule has 18 heavy (non-hydrogen) atoms. The first-order valence-corrected chi connectivity index (χ1v) is 5.56. The molecule has 4 heteroatoms. The number of hydrogen-bond acceptors (Lipinski definition) is 3. The third-order valence-corrected chi connectivity index (χ3v) is 2.73. The molecule has 1 heterocycles. The molecule has 0 saturated carbocycles. The minimum atomic E-state index is 0. The zero-order valence-electron chi connectivity index (χ0n) is 10.5. The molecule has 0 unspecified atom stereocenters. The van der Waals surface area contributed by atoms with Gasteiger partial charge in [0.15, 0.2) is 0 Å². The summed E-state index contributed by atoms with van der Waals surface area (Å²) >= 11 is 0. The number of halogens is 1. The van der Waals surface area contributed by atoms with Crippen molar-refractivity contribution in [2.75, 3.05) is 7.11 Å². The number of aromatic nitrogens is 1. The van der Waals surface area contributed by atoms with Crippen LogP contribution in [-0.2, 0) is 0 Å². The minimum Gasteiger partial charge on any atom is -0.494 e. The molecule has 1 aromatic carbocycles. The van der Waals surface area contributed by atoms with Gasteiger partial charge in [-0.25, -0.2) is 0 Å². The molecular weight excluding hydrogens is 248 g/mol. The number of benzene rings is 1. The van der Waals surface area contributed by atoms with Gasteiger partial charge in [0.05, 0.1) is 13.3 Å². The molecule has 1 atom stereocenters. The van der Waals surface area contributed by atoms with Gasteiger partial charge in [-0.2, -0.15) is 0 Å². The maximum Gasteiger partial charge on any atom is 0.144 e. The molecule has 0 radical (unpaired) electrons. The molecule has 0 saturated heterocycles. The highest BCUT2D eigenvalue weighted by molar-refractivity contribution is 5.85. The third-order valence-electron chi connectivity index (χ3n) is 2.73. The van der Waals surface area contributed by atoms with Crippen molar-refractivity contribution in [1.82, 2.24) is 4.98 Å². The summed E-state index contributed by atoms with van der Waals surface area (Å²) in [6.07, 6.45) is 3.48. The Morgan fingerprint density at radius 3 is 2.72 bits per heavy atom. The van der Waals surface area contributed by atoms with Gasteiger partial charge < -0.3 is 10.5 Å². The van der Waals surface area contributed by atoms with Crippen molar-refractivity contribution in [3.05, 3.63) is 48.3 Å². The molecule has 0 amide bonds. The highest BCUT2D eigenvalue weighted by atomic mass is 35.5. The van der Waals surface area contributed by atoms with Gasteiger partial charge in [0.25, 0.3) is 0 Å². The van der Waals surface area contributed by atoms with Crippen LogP contribution in [0.3, 0.4) is 0 Å². The summed E-state index contributed by atoms with van der Waals surface area (Å²) in [7, 11) is 1.65. The van der Waals surface area contributed by atoms with Crippen molar-refractivity contribution in [2.45, 2.75) is 13.0 Å². The Morgan fingerprint density at radius 1 is 1.28 bits per heavy atom. The number of nitrogens with two attached hydrogens (primary N) is 1.